The van der Waals surface area contributed by atoms with Crippen LogP contribution in [0, 0.1) is 10.1 Å². The van der Waals surface area contributed by atoms with Gasteiger partial charge in [0.25, 0.3) is 5.91 Å². The number of benzene rings is 2. The molecule has 164 valence electrons. The lowest BCUT2D eigenvalue weighted by Gasteiger charge is -2.23. The summed E-state index contributed by atoms with van der Waals surface area (Å²) in [6, 6.07) is 14.0. The molecule has 0 saturated heterocycles. The number of carbonyl (C=O) groups excluding carboxylic acids is 2. The molecule has 0 fully saturated rings. The monoisotopic (exact) mass is 435 g/mol. The van der Waals surface area contributed by atoms with E-state index in [2.05, 4.69) is 4.98 Å². The molecule has 32 heavy (non-hydrogen) atoms. The van der Waals surface area contributed by atoms with Gasteiger partial charge in [0.1, 0.15) is 0 Å². The predicted molar refractivity (Wildman–Crippen MR) is 117 cm³/mol. The van der Waals surface area contributed by atoms with E-state index in [1.54, 1.807) is 55.7 Å². The molecule has 3 aromatic rings. The van der Waals surface area contributed by atoms with Gasteiger partial charge in [0.05, 0.1) is 30.7 Å². The molecule has 1 aromatic heterocycles. The highest BCUT2D eigenvalue weighted by Crippen LogP contribution is 2.29. The van der Waals surface area contributed by atoms with Gasteiger partial charge in [-0.15, -0.1) is 0 Å². The minimum Gasteiger partial charge on any atom is -0.490 e. The summed E-state index contributed by atoms with van der Waals surface area (Å²) < 4.78 is 10.0. The summed E-state index contributed by atoms with van der Waals surface area (Å²) >= 11 is 0. The molecular formula is C23H21N3O6. The summed E-state index contributed by atoms with van der Waals surface area (Å²) in [4.78, 5) is 41.6. The first-order valence-corrected chi connectivity index (χ1v) is 9.75. The van der Waals surface area contributed by atoms with Gasteiger partial charge in [0.2, 0.25) is 0 Å². The van der Waals surface area contributed by atoms with Crippen molar-refractivity contribution in [3.05, 3.63) is 93.8 Å². The fourth-order valence-corrected chi connectivity index (χ4v) is 3.06. The number of rotatable bonds is 8. The topological polar surface area (TPSA) is 112 Å². The number of esters is 1. The average molecular weight is 435 g/mol. The van der Waals surface area contributed by atoms with E-state index in [4.69, 9.17) is 9.47 Å². The SMILES string of the molecule is CCOC(=O)c1ccc(N(Cc2ccncc2)C(=O)c2ccc(OC)c([N+](=O)[O-])c2)cc1. The van der Waals surface area contributed by atoms with Crippen molar-refractivity contribution in [3.63, 3.8) is 0 Å². The predicted octanol–water partition coefficient (Wildman–Crippen LogP) is 4.02. The Morgan fingerprint density at radius 3 is 2.28 bits per heavy atom. The van der Waals surface area contributed by atoms with Gasteiger partial charge in [-0.05, 0) is 61.0 Å². The smallest absolute Gasteiger partial charge is 0.338 e. The Kier molecular flexibility index (Phi) is 7.12. The molecule has 0 bridgehead atoms. The lowest BCUT2D eigenvalue weighted by Crippen LogP contribution is -2.30. The van der Waals surface area contributed by atoms with E-state index in [0.717, 1.165) is 5.56 Å². The molecule has 3 rings (SSSR count). The van der Waals surface area contributed by atoms with Crippen molar-refractivity contribution in [2.75, 3.05) is 18.6 Å². The van der Waals surface area contributed by atoms with Crippen LogP contribution in [0.25, 0.3) is 0 Å². The number of methoxy groups -OCH3 is 1. The van der Waals surface area contributed by atoms with Gasteiger partial charge in [-0.1, -0.05) is 0 Å². The van der Waals surface area contributed by atoms with Crippen LogP contribution >= 0.6 is 0 Å². The van der Waals surface area contributed by atoms with Crippen LogP contribution in [0.2, 0.25) is 0 Å². The minimum absolute atomic E-state index is 0.0611. The van der Waals surface area contributed by atoms with Crippen LogP contribution in [0.4, 0.5) is 11.4 Å². The van der Waals surface area contributed by atoms with Crippen LogP contribution < -0.4 is 9.64 Å². The number of nitro groups is 1. The van der Waals surface area contributed by atoms with Crippen molar-refractivity contribution in [1.82, 2.24) is 4.98 Å². The Bertz CT molecular complexity index is 1120. The minimum atomic E-state index is -0.600. The molecular weight excluding hydrogens is 414 g/mol. The third kappa shape index (κ3) is 5.07. The molecule has 1 heterocycles. The van der Waals surface area contributed by atoms with Crippen LogP contribution in [0.1, 0.15) is 33.2 Å². The number of aromatic nitrogens is 1. The molecule has 9 heteroatoms. The average Bonchev–Trinajstić information content (AvgIpc) is 2.82. The summed E-state index contributed by atoms with van der Waals surface area (Å²) in [5.74, 6) is -0.848. The second kappa shape index (κ2) is 10.2. The van der Waals surface area contributed by atoms with Crippen LogP contribution in [0.5, 0.6) is 5.75 Å². The van der Waals surface area contributed by atoms with E-state index in [9.17, 15) is 19.7 Å². The fourth-order valence-electron chi connectivity index (χ4n) is 3.06. The summed E-state index contributed by atoms with van der Waals surface area (Å²) in [6.07, 6.45) is 3.22. The second-order valence-corrected chi connectivity index (χ2v) is 6.66. The van der Waals surface area contributed by atoms with Gasteiger partial charge in [-0.25, -0.2) is 4.79 Å². The quantitative estimate of drug-likeness (QED) is 0.298. The van der Waals surface area contributed by atoms with Gasteiger partial charge < -0.3 is 14.4 Å². The molecule has 0 atom stereocenters. The Morgan fingerprint density at radius 1 is 1.03 bits per heavy atom. The zero-order valence-electron chi connectivity index (χ0n) is 17.6. The molecule has 0 unspecified atom stereocenters. The van der Waals surface area contributed by atoms with E-state index >= 15 is 0 Å². The van der Waals surface area contributed by atoms with E-state index in [1.165, 1.54) is 30.2 Å². The molecule has 9 nitrogen and oxygen atoms in total. The first-order chi connectivity index (χ1) is 15.4. The van der Waals surface area contributed by atoms with Crippen molar-refractivity contribution in [3.8, 4) is 5.75 Å². The number of nitrogens with zero attached hydrogens (tertiary/aromatic N) is 3. The standard InChI is InChI=1S/C23H21N3O6/c1-3-32-23(28)17-4-7-19(8-5-17)25(15-16-10-12-24-13-11-16)22(27)18-6-9-21(31-2)20(14-18)26(29)30/h4-14H,3,15H2,1-2H3. The van der Waals surface area contributed by atoms with Gasteiger partial charge in [0, 0.05) is 29.7 Å². The maximum absolute atomic E-state index is 13.4. The van der Waals surface area contributed by atoms with Gasteiger partial charge in [-0.2, -0.15) is 0 Å². The van der Waals surface area contributed by atoms with Crippen molar-refractivity contribution < 1.29 is 24.0 Å². The summed E-state index contributed by atoms with van der Waals surface area (Å²) in [6.45, 7) is 2.17. The largest absolute Gasteiger partial charge is 0.490 e. The Balaban J connectivity index is 1.99. The highest BCUT2D eigenvalue weighted by Gasteiger charge is 2.23. The number of carbonyl (C=O) groups is 2. The number of nitro benzene ring substituents is 1. The fraction of sp³-hybridized carbons (Fsp3) is 0.174. The first kappa shape index (κ1) is 22.4. The lowest BCUT2D eigenvalue weighted by atomic mass is 10.1. The second-order valence-electron chi connectivity index (χ2n) is 6.66. The Hall–Kier alpha value is -4.27. The zero-order valence-corrected chi connectivity index (χ0v) is 17.6. The van der Waals surface area contributed by atoms with Crippen LogP contribution in [-0.2, 0) is 11.3 Å². The van der Waals surface area contributed by atoms with E-state index in [-0.39, 0.29) is 30.2 Å². The molecule has 0 aliphatic rings. The number of amides is 1. The molecule has 1 amide bonds. The number of hydrogen-bond donors (Lipinski definition) is 0. The molecule has 0 N–H and O–H groups in total. The number of pyridine rings is 1. The van der Waals surface area contributed by atoms with Crippen molar-refractivity contribution in [1.29, 1.82) is 0 Å². The van der Waals surface area contributed by atoms with Gasteiger partial charge >= 0.3 is 11.7 Å². The molecule has 0 aliphatic heterocycles. The molecule has 0 aliphatic carbocycles. The Labute approximate surface area is 184 Å². The summed E-state index contributed by atoms with van der Waals surface area (Å²) in [5.41, 5.74) is 1.50. The van der Waals surface area contributed by atoms with Crippen molar-refractivity contribution >= 4 is 23.3 Å². The third-order valence-corrected chi connectivity index (χ3v) is 4.65. The molecule has 0 spiro atoms. The van der Waals surface area contributed by atoms with Crippen LogP contribution in [0.3, 0.4) is 0 Å². The molecule has 0 saturated carbocycles. The highest BCUT2D eigenvalue weighted by atomic mass is 16.6. The highest BCUT2D eigenvalue weighted by molar-refractivity contribution is 6.06. The van der Waals surface area contributed by atoms with Crippen molar-refractivity contribution in [2.45, 2.75) is 13.5 Å². The van der Waals surface area contributed by atoms with Gasteiger partial charge in [0.15, 0.2) is 5.75 Å². The summed E-state index contributed by atoms with van der Waals surface area (Å²) in [7, 11) is 1.32. The molecule has 2 aromatic carbocycles. The zero-order chi connectivity index (χ0) is 23.1. The van der Waals surface area contributed by atoms with Crippen LogP contribution in [-0.4, -0.2) is 35.5 Å². The van der Waals surface area contributed by atoms with E-state index < -0.39 is 16.8 Å². The van der Waals surface area contributed by atoms with E-state index in [0.29, 0.717) is 11.3 Å². The number of anilines is 1. The molecule has 0 radical (unpaired) electrons. The van der Waals surface area contributed by atoms with Gasteiger partial charge in [-0.3, -0.25) is 19.9 Å². The normalized spacial score (nSPS) is 10.3. The summed E-state index contributed by atoms with van der Waals surface area (Å²) in [5, 5.41) is 11.4. The number of ether oxygens (including phenoxy) is 2. The lowest BCUT2D eigenvalue weighted by molar-refractivity contribution is -0.385. The van der Waals surface area contributed by atoms with Crippen LogP contribution in [0.15, 0.2) is 67.0 Å². The Morgan fingerprint density at radius 2 is 1.69 bits per heavy atom. The van der Waals surface area contributed by atoms with E-state index in [1.807, 2.05) is 0 Å². The first-order valence-electron chi connectivity index (χ1n) is 9.75. The van der Waals surface area contributed by atoms with Crippen molar-refractivity contribution in [2.24, 2.45) is 0 Å². The maximum atomic E-state index is 13.4. The number of hydrogen-bond acceptors (Lipinski definition) is 7. The third-order valence-electron chi connectivity index (χ3n) is 4.65. The maximum Gasteiger partial charge on any atom is 0.338 e.